The molecule has 0 aliphatic rings. The van der Waals surface area contributed by atoms with E-state index in [0.717, 1.165) is 24.8 Å². The predicted octanol–water partition coefficient (Wildman–Crippen LogP) is 4.77. The molecule has 0 saturated heterocycles. The molecular formula is C32H39N3O8. The first kappa shape index (κ1) is 32.9. The Morgan fingerprint density at radius 2 is 1.72 bits per heavy atom. The van der Waals surface area contributed by atoms with Crippen LogP contribution in [0.5, 0.6) is 5.75 Å². The maximum absolute atomic E-state index is 12.9. The summed E-state index contributed by atoms with van der Waals surface area (Å²) in [5.41, 5.74) is 4.12. The van der Waals surface area contributed by atoms with Crippen molar-refractivity contribution >= 4 is 23.7 Å². The van der Waals surface area contributed by atoms with Crippen LogP contribution in [0, 0.1) is 5.92 Å². The molecule has 0 aliphatic heterocycles. The highest BCUT2D eigenvalue weighted by atomic mass is 16.6. The van der Waals surface area contributed by atoms with Crippen LogP contribution in [0.25, 0.3) is 11.3 Å². The van der Waals surface area contributed by atoms with Crippen LogP contribution in [0.3, 0.4) is 0 Å². The average molecular weight is 594 g/mol. The Morgan fingerprint density at radius 1 is 0.930 bits per heavy atom. The monoisotopic (exact) mass is 593 g/mol. The third kappa shape index (κ3) is 10.6. The standard InChI is InChI=1S/C32H39N3O8/c1-4-6-8-13-23(19-29(36)35-42-20-22-11-9-7-10-12-22)30(37)33-21-34-31(38)28-15-14-27(43-28)24-16-25(32(39)40-3)18-26(17-24)41-5-2/h7,9-12,14-18,23H,4-6,8,13,19-21H2,1-3H3,(H,33,37)(H,34,38)(H,35,36)/t23-/m1/s1. The van der Waals surface area contributed by atoms with Crippen molar-refractivity contribution in [3.05, 3.63) is 77.6 Å². The van der Waals surface area contributed by atoms with Crippen LogP contribution in [0.1, 0.15) is 72.4 Å². The van der Waals surface area contributed by atoms with Crippen molar-refractivity contribution < 1.29 is 37.9 Å². The Hall–Kier alpha value is -4.64. The molecule has 11 nitrogen and oxygen atoms in total. The fourth-order valence-corrected chi connectivity index (χ4v) is 4.29. The van der Waals surface area contributed by atoms with E-state index in [2.05, 4.69) is 23.0 Å². The van der Waals surface area contributed by atoms with Gasteiger partial charge in [0, 0.05) is 17.9 Å². The van der Waals surface area contributed by atoms with E-state index < -0.39 is 23.7 Å². The van der Waals surface area contributed by atoms with Gasteiger partial charge in [0.1, 0.15) is 11.5 Å². The first-order chi connectivity index (χ1) is 20.8. The lowest BCUT2D eigenvalue weighted by Gasteiger charge is -2.17. The van der Waals surface area contributed by atoms with Gasteiger partial charge in [-0.2, -0.15) is 0 Å². The zero-order valence-electron chi connectivity index (χ0n) is 24.8. The molecule has 3 rings (SSSR count). The highest BCUT2D eigenvalue weighted by Gasteiger charge is 2.22. The number of esters is 1. The predicted molar refractivity (Wildman–Crippen MR) is 159 cm³/mol. The van der Waals surface area contributed by atoms with Crippen molar-refractivity contribution in [3.8, 4) is 17.1 Å². The van der Waals surface area contributed by atoms with Crippen LogP contribution in [0.2, 0.25) is 0 Å². The number of hydroxylamine groups is 1. The molecule has 3 amide bonds. The summed E-state index contributed by atoms with van der Waals surface area (Å²) >= 11 is 0. The smallest absolute Gasteiger partial charge is 0.338 e. The number of carbonyl (C=O) groups is 4. The molecule has 0 radical (unpaired) electrons. The average Bonchev–Trinajstić information content (AvgIpc) is 3.51. The van der Waals surface area contributed by atoms with Gasteiger partial charge < -0.3 is 24.5 Å². The molecule has 0 unspecified atom stereocenters. The molecule has 1 atom stereocenters. The minimum atomic E-state index is -0.583. The highest BCUT2D eigenvalue weighted by Crippen LogP contribution is 2.28. The number of unbranched alkanes of at least 4 members (excludes halogenated alkanes) is 2. The van der Waals surface area contributed by atoms with Crippen molar-refractivity contribution in [2.45, 2.75) is 52.6 Å². The second kappa shape index (κ2) is 17.3. The number of rotatable bonds is 17. The zero-order chi connectivity index (χ0) is 31.0. The van der Waals surface area contributed by atoms with Gasteiger partial charge in [-0.05, 0) is 49.2 Å². The summed E-state index contributed by atoms with van der Waals surface area (Å²) in [4.78, 5) is 55.5. The number of carbonyl (C=O) groups excluding carboxylic acids is 4. The van der Waals surface area contributed by atoms with Gasteiger partial charge in [-0.15, -0.1) is 0 Å². The lowest BCUT2D eigenvalue weighted by Crippen LogP contribution is -2.41. The van der Waals surface area contributed by atoms with Crippen molar-refractivity contribution in [1.82, 2.24) is 16.1 Å². The maximum atomic E-state index is 12.9. The second-order valence-electron chi connectivity index (χ2n) is 9.75. The van der Waals surface area contributed by atoms with Crippen molar-refractivity contribution in [3.63, 3.8) is 0 Å². The van der Waals surface area contributed by atoms with Crippen molar-refractivity contribution in [2.75, 3.05) is 20.4 Å². The Labute approximate surface area is 251 Å². The topological polar surface area (TPSA) is 145 Å². The van der Waals surface area contributed by atoms with Crippen molar-refractivity contribution in [2.24, 2.45) is 5.92 Å². The lowest BCUT2D eigenvalue weighted by molar-refractivity contribution is -0.139. The summed E-state index contributed by atoms with van der Waals surface area (Å²) in [6.45, 7) is 4.33. The molecule has 0 fully saturated rings. The third-order valence-electron chi connectivity index (χ3n) is 6.49. The number of hydrogen-bond acceptors (Lipinski definition) is 8. The van der Waals surface area contributed by atoms with Gasteiger partial charge >= 0.3 is 5.97 Å². The van der Waals surface area contributed by atoms with E-state index in [0.29, 0.717) is 30.1 Å². The fraction of sp³-hybridized carbons (Fsp3) is 0.375. The van der Waals surface area contributed by atoms with E-state index in [1.54, 1.807) is 24.3 Å². The third-order valence-corrected chi connectivity index (χ3v) is 6.49. The number of amides is 3. The lowest BCUT2D eigenvalue weighted by atomic mass is 9.96. The number of ether oxygens (including phenoxy) is 2. The molecule has 0 spiro atoms. The molecule has 0 aliphatic carbocycles. The first-order valence-corrected chi connectivity index (χ1v) is 14.3. The molecular weight excluding hydrogens is 554 g/mol. The first-order valence-electron chi connectivity index (χ1n) is 14.3. The van der Waals surface area contributed by atoms with Gasteiger partial charge in [-0.1, -0.05) is 56.5 Å². The number of furan rings is 1. The summed E-state index contributed by atoms with van der Waals surface area (Å²) < 4.78 is 16.1. The molecule has 0 saturated carbocycles. The van der Waals surface area contributed by atoms with Gasteiger partial charge in [0.25, 0.3) is 5.91 Å². The van der Waals surface area contributed by atoms with Gasteiger partial charge in [0.15, 0.2) is 5.76 Å². The molecule has 43 heavy (non-hydrogen) atoms. The summed E-state index contributed by atoms with van der Waals surface area (Å²) in [6, 6.07) is 17.3. The second-order valence-corrected chi connectivity index (χ2v) is 9.75. The Balaban J connectivity index is 1.54. The van der Waals surface area contributed by atoms with E-state index in [9.17, 15) is 19.2 Å². The minimum Gasteiger partial charge on any atom is -0.494 e. The van der Waals surface area contributed by atoms with E-state index in [4.69, 9.17) is 18.7 Å². The van der Waals surface area contributed by atoms with Crippen LogP contribution in [-0.4, -0.2) is 44.1 Å². The zero-order valence-corrected chi connectivity index (χ0v) is 24.8. The normalized spacial score (nSPS) is 11.3. The van der Waals surface area contributed by atoms with Gasteiger partial charge in [-0.3, -0.25) is 19.2 Å². The summed E-state index contributed by atoms with van der Waals surface area (Å²) in [5.74, 6) is -1.60. The molecule has 2 aromatic carbocycles. The van der Waals surface area contributed by atoms with Crippen molar-refractivity contribution in [1.29, 1.82) is 0 Å². The van der Waals surface area contributed by atoms with E-state index in [1.807, 2.05) is 37.3 Å². The van der Waals surface area contributed by atoms with Crippen LogP contribution in [-0.2, 0) is 25.8 Å². The van der Waals surface area contributed by atoms with Crippen LogP contribution < -0.4 is 20.9 Å². The summed E-state index contributed by atoms with van der Waals surface area (Å²) in [7, 11) is 1.28. The summed E-state index contributed by atoms with van der Waals surface area (Å²) in [5, 5.41) is 5.29. The number of methoxy groups -OCH3 is 1. The molecule has 3 N–H and O–H groups in total. The SMILES string of the molecule is CCCCC[C@H](CC(=O)NOCc1ccccc1)C(=O)NCNC(=O)c1ccc(-c2cc(OCC)cc(C(=O)OC)c2)o1. The van der Waals surface area contributed by atoms with E-state index in [1.165, 1.54) is 13.2 Å². The molecule has 230 valence electrons. The van der Waals surface area contributed by atoms with E-state index in [-0.39, 0.29) is 36.9 Å². The highest BCUT2D eigenvalue weighted by molar-refractivity contribution is 5.93. The van der Waals surface area contributed by atoms with Gasteiger partial charge in [0.05, 0.1) is 32.6 Å². The van der Waals surface area contributed by atoms with E-state index >= 15 is 0 Å². The minimum absolute atomic E-state index is 0.0140. The van der Waals surface area contributed by atoms with Crippen LogP contribution in [0.15, 0.2) is 65.1 Å². The number of nitrogens with one attached hydrogen (secondary N) is 3. The number of hydrogen-bond donors (Lipinski definition) is 3. The largest absolute Gasteiger partial charge is 0.494 e. The molecule has 3 aromatic rings. The van der Waals surface area contributed by atoms with Gasteiger partial charge in [-0.25, -0.2) is 10.3 Å². The summed E-state index contributed by atoms with van der Waals surface area (Å²) in [6.07, 6.45) is 3.17. The molecule has 11 heteroatoms. The Morgan fingerprint density at radius 3 is 2.44 bits per heavy atom. The Kier molecular flexibility index (Phi) is 13.3. The maximum Gasteiger partial charge on any atom is 0.338 e. The van der Waals surface area contributed by atoms with Gasteiger partial charge in [0.2, 0.25) is 11.8 Å². The quantitative estimate of drug-likeness (QED) is 0.0879. The molecule has 1 aromatic heterocycles. The number of benzene rings is 2. The Bertz CT molecular complexity index is 1360. The fourth-order valence-electron chi connectivity index (χ4n) is 4.29. The molecule has 1 heterocycles. The molecule has 0 bridgehead atoms. The van der Waals surface area contributed by atoms with Crippen LogP contribution >= 0.6 is 0 Å². The van der Waals surface area contributed by atoms with Crippen LogP contribution in [0.4, 0.5) is 0 Å².